The van der Waals surface area contributed by atoms with Gasteiger partial charge in [-0.05, 0) is 30.0 Å². The molecule has 1 aromatic carbocycles. The predicted molar refractivity (Wildman–Crippen MR) is 101 cm³/mol. The van der Waals surface area contributed by atoms with Gasteiger partial charge in [-0.3, -0.25) is 10.8 Å². The second-order valence-corrected chi connectivity index (χ2v) is 7.07. The van der Waals surface area contributed by atoms with E-state index in [1.54, 1.807) is 24.1 Å². The maximum Gasteiger partial charge on any atom is 0.212 e. The molecule has 2 heterocycles. The minimum atomic E-state index is -0.532. The zero-order chi connectivity index (χ0) is 19.1. The first-order chi connectivity index (χ1) is 13.0. The third-order valence-electron chi connectivity index (χ3n) is 5.59. The maximum atomic E-state index is 13.2. The minimum absolute atomic E-state index is 0.179. The number of benzene rings is 1. The van der Waals surface area contributed by atoms with E-state index in [0.717, 1.165) is 29.9 Å². The van der Waals surface area contributed by atoms with Crippen LogP contribution in [0.4, 0.5) is 10.1 Å². The van der Waals surface area contributed by atoms with E-state index in [9.17, 15) is 9.65 Å². The van der Waals surface area contributed by atoms with Gasteiger partial charge in [0.15, 0.2) is 0 Å². The summed E-state index contributed by atoms with van der Waals surface area (Å²) < 4.78 is 13.2. The molecule has 2 N–H and O–H groups in total. The summed E-state index contributed by atoms with van der Waals surface area (Å²) in [5.74, 6) is 0.863. The third kappa shape index (κ3) is 2.83. The van der Waals surface area contributed by atoms with Crippen LogP contribution < -0.4 is 4.90 Å². The highest BCUT2D eigenvalue weighted by Crippen LogP contribution is 2.54. The molecule has 2 aliphatic rings. The SMILES string of the molecule is CN(C=N)C(=N)C1[C@H]2CN(c3c(C#N)cccc3-c3ccc(F)nc3)C[C@@H]12. The first kappa shape index (κ1) is 17.2. The standard InChI is InChI=1S/C20H19FN6/c1-26(11-23)20(24)18-15-9-27(10-16(15)18)19-12(7-22)3-2-4-14(19)13-5-6-17(21)25-8-13/h2-6,8,11,15-16,18,23-24H,9-10H2,1H3/t15-,16+,18?. The van der Waals surface area contributed by atoms with Crippen LogP contribution in [0.3, 0.4) is 0 Å². The molecule has 2 fully saturated rings. The predicted octanol–water partition coefficient (Wildman–Crippen LogP) is 2.96. The van der Waals surface area contributed by atoms with Crippen molar-refractivity contribution in [2.24, 2.45) is 17.8 Å². The molecule has 4 rings (SSSR count). The molecule has 1 unspecified atom stereocenters. The Hall–Kier alpha value is -3.27. The summed E-state index contributed by atoms with van der Waals surface area (Å²) in [4.78, 5) is 7.49. The minimum Gasteiger partial charge on any atom is -0.369 e. The summed E-state index contributed by atoms with van der Waals surface area (Å²) in [6, 6.07) is 10.8. The molecule has 1 saturated heterocycles. The molecule has 7 heteroatoms. The number of anilines is 1. The molecule has 27 heavy (non-hydrogen) atoms. The van der Waals surface area contributed by atoms with Crippen molar-refractivity contribution in [1.29, 1.82) is 16.1 Å². The molecule has 1 aliphatic carbocycles. The van der Waals surface area contributed by atoms with Crippen LogP contribution in [-0.4, -0.2) is 42.2 Å². The molecular weight excluding hydrogens is 343 g/mol. The smallest absolute Gasteiger partial charge is 0.212 e. The van der Waals surface area contributed by atoms with E-state index in [0.29, 0.717) is 23.2 Å². The lowest BCUT2D eigenvalue weighted by Gasteiger charge is -2.27. The zero-order valence-electron chi connectivity index (χ0n) is 14.9. The van der Waals surface area contributed by atoms with Gasteiger partial charge in [0, 0.05) is 43.4 Å². The number of nitriles is 1. The van der Waals surface area contributed by atoms with E-state index in [1.807, 2.05) is 12.1 Å². The Morgan fingerprint density at radius 2 is 2.07 bits per heavy atom. The van der Waals surface area contributed by atoms with Crippen molar-refractivity contribution in [1.82, 2.24) is 9.88 Å². The lowest BCUT2D eigenvalue weighted by molar-refractivity contribution is 0.584. The van der Waals surface area contributed by atoms with Crippen LogP contribution in [0.15, 0.2) is 36.5 Å². The van der Waals surface area contributed by atoms with E-state index in [-0.39, 0.29) is 5.92 Å². The van der Waals surface area contributed by atoms with Gasteiger partial charge in [-0.2, -0.15) is 9.65 Å². The molecule has 1 aromatic heterocycles. The molecule has 1 saturated carbocycles. The molecule has 0 bridgehead atoms. The number of rotatable bonds is 4. The first-order valence-electron chi connectivity index (χ1n) is 8.77. The summed E-state index contributed by atoms with van der Waals surface area (Å²) in [5.41, 5.74) is 3.08. The number of halogens is 1. The summed E-state index contributed by atoms with van der Waals surface area (Å²) in [6.45, 7) is 1.54. The molecule has 3 atom stereocenters. The van der Waals surface area contributed by atoms with Crippen LogP contribution in [0.5, 0.6) is 0 Å². The van der Waals surface area contributed by atoms with Crippen LogP contribution in [0, 0.1) is 45.9 Å². The van der Waals surface area contributed by atoms with Crippen LogP contribution in [0.25, 0.3) is 11.1 Å². The Balaban J connectivity index is 1.63. The number of nitrogens with one attached hydrogen (secondary N) is 2. The normalized spacial score (nSPS) is 22.7. The number of hydrogen-bond acceptors (Lipinski definition) is 5. The lowest BCUT2D eigenvalue weighted by Crippen LogP contribution is -2.32. The van der Waals surface area contributed by atoms with E-state index in [1.165, 1.54) is 18.6 Å². The molecular formula is C20H19FN6. The largest absolute Gasteiger partial charge is 0.369 e. The van der Waals surface area contributed by atoms with Crippen LogP contribution in [0.1, 0.15) is 5.56 Å². The van der Waals surface area contributed by atoms with E-state index in [2.05, 4.69) is 16.0 Å². The van der Waals surface area contributed by atoms with Crippen molar-refractivity contribution >= 4 is 17.9 Å². The van der Waals surface area contributed by atoms with Gasteiger partial charge in [0.25, 0.3) is 0 Å². The van der Waals surface area contributed by atoms with E-state index >= 15 is 0 Å². The molecule has 2 aromatic rings. The summed E-state index contributed by atoms with van der Waals surface area (Å²) in [5, 5.41) is 25.1. The summed E-state index contributed by atoms with van der Waals surface area (Å²) in [7, 11) is 1.73. The van der Waals surface area contributed by atoms with Gasteiger partial charge < -0.3 is 9.80 Å². The highest BCUT2D eigenvalue weighted by atomic mass is 19.1. The molecule has 0 amide bonds. The average Bonchev–Trinajstić information content (AvgIpc) is 3.19. The molecule has 6 nitrogen and oxygen atoms in total. The van der Waals surface area contributed by atoms with Gasteiger partial charge in [0.1, 0.15) is 11.9 Å². The fourth-order valence-electron chi connectivity index (χ4n) is 4.16. The van der Waals surface area contributed by atoms with E-state index < -0.39 is 5.95 Å². The number of aromatic nitrogens is 1. The molecule has 136 valence electrons. The van der Waals surface area contributed by atoms with Gasteiger partial charge in [-0.15, -0.1) is 0 Å². The van der Waals surface area contributed by atoms with Crippen molar-refractivity contribution in [3.8, 4) is 17.2 Å². The van der Waals surface area contributed by atoms with Crippen LogP contribution >= 0.6 is 0 Å². The van der Waals surface area contributed by atoms with Gasteiger partial charge in [0.2, 0.25) is 5.95 Å². The van der Waals surface area contributed by atoms with Crippen molar-refractivity contribution in [2.75, 3.05) is 25.0 Å². The van der Waals surface area contributed by atoms with Gasteiger partial charge in [-0.1, -0.05) is 12.1 Å². The van der Waals surface area contributed by atoms with Crippen molar-refractivity contribution in [3.05, 3.63) is 48.0 Å². The number of fused-ring (bicyclic) bond motifs is 1. The fourth-order valence-corrected chi connectivity index (χ4v) is 4.16. The van der Waals surface area contributed by atoms with Gasteiger partial charge in [-0.25, -0.2) is 4.98 Å². The quantitative estimate of drug-likeness (QED) is 0.497. The number of pyridine rings is 1. The average molecular weight is 362 g/mol. The Labute approximate surface area is 156 Å². The Morgan fingerprint density at radius 1 is 1.33 bits per heavy atom. The Morgan fingerprint density at radius 3 is 2.67 bits per heavy atom. The lowest BCUT2D eigenvalue weighted by atomic mass is 10.0. The monoisotopic (exact) mass is 362 g/mol. The number of hydrogen-bond donors (Lipinski definition) is 2. The summed E-state index contributed by atoms with van der Waals surface area (Å²) >= 11 is 0. The van der Waals surface area contributed by atoms with Crippen LogP contribution in [-0.2, 0) is 0 Å². The number of para-hydroxylation sites is 1. The molecule has 1 aliphatic heterocycles. The van der Waals surface area contributed by atoms with Gasteiger partial charge in [0.05, 0.1) is 17.6 Å². The highest BCUT2D eigenvalue weighted by Gasteiger charge is 2.58. The number of piperidine rings is 1. The second kappa shape index (κ2) is 6.47. The molecule has 0 spiro atoms. The topological polar surface area (TPSA) is 90.9 Å². The highest BCUT2D eigenvalue weighted by molar-refractivity contribution is 5.93. The Kier molecular flexibility index (Phi) is 4.11. The first-order valence-corrected chi connectivity index (χ1v) is 8.77. The second-order valence-electron chi connectivity index (χ2n) is 7.07. The van der Waals surface area contributed by atoms with Crippen molar-refractivity contribution in [3.63, 3.8) is 0 Å². The Bertz CT molecular complexity index is 936. The van der Waals surface area contributed by atoms with E-state index in [4.69, 9.17) is 10.8 Å². The summed E-state index contributed by atoms with van der Waals surface area (Å²) in [6.07, 6.45) is 2.66. The molecule has 0 radical (unpaired) electrons. The van der Waals surface area contributed by atoms with Crippen LogP contribution in [0.2, 0.25) is 0 Å². The fraction of sp³-hybridized carbons (Fsp3) is 0.300. The van der Waals surface area contributed by atoms with Crippen molar-refractivity contribution in [2.45, 2.75) is 0 Å². The zero-order valence-corrected chi connectivity index (χ0v) is 14.9. The van der Waals surface area contributed by atoms with Crippen molar-refractivity contribution < 1.29 is 4.39 Å². The van der Waals surface area contributed by atoms with Gasteiger partial charge >= 0.3 is 0 Å². The number of amidine groups is 1. The number of nitrogens with zero attached hydrogens (tertiary/aromatic N) is 4. The maximum absolute atomic E-state index is 13.2. The third-order valence-corrected chi connectivity index (χ3v) is 5.59.